The summed E-state index contributed by atoms with van der Waals surface area (Å²) in [6.07, 6.45) is 3.75. The maximum atomic E-state index is 12.6. The maximum Gasteiger partial charge on any atom is 0.314 e. The van der Waals surface area contributed by atoms with E-state index in [1.54, 1.807) is 12.3 Å². The molecule has 1 aromatic heterocycles. The molecule has 1 aromatic carbocycles. The third kappa shape index (κ3) is 4.39. The van der Waals surface area contributed by atoms with Gasteiger partial charge in [0.2, 0.25) is 0 Å². The number of rotatable bonds is 5. The van der Waals surface area contributed by atoms with E-state index in [0.29, 0.717) is 42.1 Å². The molecule has 2 heterocycles. The number of nitrogens with one attached hydrogen (secondary N) is 2. The van der Waals surface area contributed by atoms with Gasteiger partial charge in [0, 0.05) is 31.7 Å². The van der Waals surface area contributed by atoms with Crippen LogP contribution in [0.15, 0.2) is 39.7 Å². The van der Waals surface area contributed by atoms with Crippen LogP contribution in [-0.4, -0.2) is 37.1 Å². The van der Waals surface area contributed by atoms with Gasteiger partial charge in [-0.25, -0.2) is 4.79 Å². The van der Waals surface area contributed by atoms with Gasteiger partial charge < -0.3 is 15.1 Å². The number of hydrogen-bond acceptors (Lipinski definition) is 4. The molecule has 1 saturated heterocycles. The number of urea groups is 1. The molecule has 2 amide bonds. The van der Waals surface area contributed by atoms with Crippen molar-refractivity contribution in [2.24, 2.45) is 5.92 Å². The van der Waals surface area contributed by atoms with Gasteiger partial charge in [0.1, 0.15) is 5.58 Å². The van der Waals surface area contributed by atoms with Crippen molar-refractivity contribution < 1.29 is 9.21 Å². The lowest BCUT2D eigenvalue weighted by Gasteiger charge is -2.32. The largest absolute Gasteiger partial charge is 0.464 e. The van der Waals surface area contributed by atoms with Crippen molar-refractivity contribution in [2.75, 3.05) is 26.2 Å². The first-order chi connectivity index (χ1) is 12.2. The molecule has 1 atom stereocenters. The van der Waals surface area contributed by atoms with Crippen molar-refractivity contribution in [1.82, 2.24) is 15.5 Å². The number of carbonyl (C=O) groups is 1. The summed E-state index contributed by atoms with van der Waals surface area (Å²) >= 11 is 0. The standard InChI is InChI=1S/C19H25N3O3/c1-2-20-19(24)21-10-14-6-5-9-22(11-14)12-15-13-25-17-8-4-3-7-16(17)18(15)23/h3-4,7-8,13-14H,2,5-6,9-12H2,1H3,(H2,20,21,24)/t14-/m1/s1. The van der Waals surface area contributed by atoms with Gasteiger partial charge in [-0.1, -0.05) is 12.1 Å². The highest BCUT2D eigenvalue weighted by molar-refractivity contribution is 5.76. The number of carbonyl (C=O) groups excluding carboxylic acids is 1. The van der Waals surface area contributed by atoms with Crippen LogP contribution in [0.5, 0.6) is 0 Å². The lowest BCUT2D eigenvalue weighted by Crippen LogP contribution is -2.43. The molecule has 0 unspecified atom stereocenters. The molecule has 1 aliphatic heterocycles. The van der Waals surface area contributed by atoms with Crippen molar-refractivity contribution in [1.29, 1.82) is 0 Å². The molecule has 0 aliphatic carbocycles. The van der Waals surface area contributed by atoms with Crippen LogP contribution in [0.25, 0.3) is 11.0 Å². The average molecular weight is 343 g/mol. The number of fused-ring (bicyclic) bond motifs is 1. The summed E-state index contributed by atoms with van der Waals surface area (Å²) in [5.74, 6) is 0.406. The number of benzene rings is 1. The molecule has 0 saturated carbocycles. The predicted octanol–water partition coefficient (Wildman–Crippen LogP) is 2.32. The molecule has 6 nitrogen and oxygen atoms in total. The van der Waals surface area contributed by atoms with Crippen LogP contribution in [-0.2, 0) is 6.54 Å². The van der Waals surface area contributed by atoms with E-state index in [0.717, 1.165) is 25.9 Å². The minimum absolute atomic E-state index is 0.0458. The van der Waals surface area contributed by atoms with Gasteiger partial charge in [0.25, 0.3) is 0 Å². The lowest BCUT2D eigenvalue weighted by atomic mass is 9.97. The van der Waals surface area contributed by atoms with E-state index >= 15 is 0 Å². The summed E-state index contributed by atoms with van der Waals surface area (Å²) < 4.78 is 5.61. The number of piperidine rings is 1. The molecule has 2 N–H and O–H groups in total. The Morgan fingerprint density at radius 2 is 2.16 bits per heavy atom. The van der Waals surface area contributed by atoms with Gasteiger partial charge in [-0.05, 0) is 44.4 Å². The Labute approximate surface area is 147 Å². The molecule has 0 radical (unpaired) electrons. The van der Waals surface area contributed by atoms with Crippen LogP contribution >= 0.6 is 0 Å². The predicted molar refractivity (Wildman–Crippen MR) is 97.6 cm³/mol. The average Bonchev–Trinajstić information content (AvgIpc) is 2.63. The summed E-state index contributed by atoms with van der Waals surface area (Å²) in [5.41, 5.74) is 1.36. The summed E-state index contributed by atoms with van der Waals surface area (Å²) in [7, 11) is 0. The molecule has 2 aromatic rings. The van der Waals surface area contributed by atoms with Crippen LogP contribution in [0.1, 0.15) is 25.3 Å². The Balaban J connectivity index is 1.62. The summed E-state index contributed by atoms with van der Waals surface area (Å²) in [4.78, 5) is 26.4. The van der Waals surface area contributed by atoms with Crippen LogP contribution in [0.2, 0.25) is 0 Å². The zero-order chi connectivity index (χ0) is 17.6. The molecular weight excluding hydrogens is 318 g/mol. The Kier molecular flexibility index (Phi) is 5.71. The first kappa shape index (κ1) is 17.5. The van der Waals surface area contributed by atoms with Crippen molar-refractivity contribution in [3.8, 4) is 0 Å². The zero-order valence-corrected chi connectivity index (χ0v) is 14.6. The molecule has 6 heteroatoms. The van der Waals surface area contributed by atoms with Gasteiger partial charge in [-0.3, -0.25) is 9.69 Å². The quantitative estimate of drug-likeness (QED) is 0.874. The SMILES string of the molecule is CCNC(=O)NC[C@H]1CCCN(Cc2coc3ccccc3c2=O)C1. The van der Waals surface area contributed by atoms with E-state index in [9.17, 15) is 9.59 Å². The van der Waals surface area contributed by atoms with Gasteiger partial charge in [-0.15, -0.1) is 0 Å². The molecule has 25 heavy (non-hydrogen) atoms. The normalized spacial score (nSPS) is 18.2. The van der Waals surface area contributed by atoms with Crippen LogP contribution in [0, 0.1) is 5.92 Å². The minimum Gasteiger partial charge on any atom is -0.464 e. The van der Waals surface area contributed by atoms with Crippen molar-refractivity contribution in [3.63, 3.8) is 0 Å². The number of hydrogen-bond donors (Lipinski definition) is 2. The minimum atomic E-state index is -0.116. The van der Waals surface area contributed by atoms with E-state index < -0.39 is 0 Å². The van der Waals surface area contributed by atoms with Gasteiger partial charge in [0.05, 0.1) is 11.6 Å². The van der Waals surface area contributed by atoms with E-state index in [1.807, 2.05) is 25.1 Å². The van der Waals surface area contributed by atoms with Crippen molar-refractivity contribution >= 4 is 17.0 Å². The summed E-state index contributed by atoms with van der Waals surface area (Å²) in [5, 5.41) is 6.29. The number of nitrogens with zero attached hydrogens (tertiary/aromatic N) is 1. The van der Waals surface area contributed by atoms with Gasteiger partial charge >= 0.3 is 6.03 Å². The third-order valence-corrected chi connectivity index (χ3v) is 4.64. The third-order valence-electron chi connectivity index (χ3n) is 4.64. The zero-order valence-electron chi connectivity index (χ0n) is 14.6. The highest BCUT2D eigenvalue weighted by Crippen LogP contribution is 2.18. The Hall–Kier alpha value is -2.34. The second kappa shape index (κ2) is 8.16. The highest BCUT2D eigenvalue weighted by atomic mass is 16.3. The molecule has 134 valence electrons. The molecule has 0 bridgehead atoms. The van der Waals surface area contributed by atoms with E-state index in [4.69, 9.17) is 4.42 Å². The van der Waals surface area contributed by atoms with E-state index in [2.05, 4.69) is 15.5 Å². The molecule has 3 rings (SSSR count). The number of para-hydroxylation sites is 1. The highest BCUT2D eigenvalue weighted by Gasteiger charge is 2.21. The second-order valence-corrected chi connectivity index (χ2v) is 6.57. The smallest absolute Gasteiger partial charge is 0.314 e. The first-order valence-electron chi connectivity index (χ1n) is 8.91. The Morgan fingerprint density at radius 3 is 3.00 bits per heavy atom. The van der Waals surface area contributed by atoms with Crippen LogP contribution < -0.4 is 16.1 Å². The molecule has 0 spiro atoms. The number of likely N-dealkylation sites (tertiary alicyclic amines) is 1. The van der Waals surface area contributed by atoms with Crippen molar-refractivity contribution in [2.45, 2.75) is 26.3 Å². The molecule has 1 aliphatic rings. The van der Waals surface area contributed by atoms with Crippen LogP contribution in [0.3, 0.4) is 0 Å². The monoisotopic (exact) mass is 343 g/mol. The Morgan fingerprint density at radius 1 is 1.32 bits per heavy atom. The topological polar surface area (TPSA) is 74.6 Å². The lowest BCUT2D eigenvalue weighted by molar-refractivity contribution is 0.164. The number of amides is 2. The second-order valence-electron chi connectivity index (χ2n) is 6.57. The van der Waals surface area contributed by atoms with E-state index in [-0.39, 0.29) is 11.5 Å². The fraction of sp³-hybridized carbons (Fsp3) is 0.474. The van der Waals surface area contributed by atoms with Crippen molar-refractivity contribution in [3.05, 3.63) is 46.3 Å². The van der Waals surface area contributed by atoms with E-state index in [1.165, 1.54) is 0 Å². The summed E-state index contributed by atoms with van der Waals surface area (Å²) in [6.45, 7) is 5.61. The molecule has 1 fully saturated rings. The summed E-state index contributed by atoms with van der Waals surface area (Å²) in [6, 6.07) is 7.22. The maximum absolute atomic E-state index is 12.6. The fourth-order valence-corrected chi connectivity index (χ4v) is 3.39. The Bertz CT molecular complexity index is 787. The van der Waals surface area contributed by atoms with Crippen LogP contribution in [0.4, 0.5) is 4.79 Å². The fourth-order valence-electron chi connectivity index (χ4n) is 3.39. The molecular formula is C19H25N3O3. The van der Waals surface area contributed by atoms with Gasteiger partial charge in [0.15, 0.2) is 5.43 Å². The van der Waals surface area contributed by atoms with Gasteiger partial charge in [-0.2, -0.15) is 0 Å². The first-order valence-corrected chi connectivity index (χ1v) is 8.91.